The Morgan fingerprint density at radius 2 is 2.21 bits per heavy atom. The summed E-state index contributed by atoms with van der Waals surface area (Å²) in [5.74, 6) is -0.159. The van der Waals surface area contributed by atoms with Gasteiger partial charge < -0.3 is 14.5 Å². The molecule has 1 aromatic carbocycles. The highest BCUT2D eigenvalue weighted by Crippen LogP contribution is 2.32. The fourth-order valence-corrected chi connectivity index (χ4v) is 2.46. The molecule has 1 heterocycles. The average Bonchev–Trinajstić information content (AvgIpc) is 2.60. The SMILES string of the molecule is CCOc1cc(C(=O)OC)ccc1-c1nc(SC)[nH]c(=O)c1C#N. The van der Waals surface area contributed by atoms with Crippen molar-refractivity contribution in [2.24, 2.45) is 0 Å². The van der Waals surface area contributed by atoms with Crippen molar-refractivity contribution in [2.45, 2.75) is 12.1 Å². The number of benzene rings is 1. The number of nitriles is 1. The van der Waals surface area contributed by atoms with E-state index < -0.39 is 11.5 Å². The maximum absolute atomic E-state index is 12.1. The molecule has 0 bridgehead atoms. The first-order valence-corrected chi connectivity index (χ1v) is 8.22. The second-order valence-corrected chi connectivity index (χ2v) is 5.34. The van der Waals surface area contributed by atoms with Crippen molar-refractivity contribution in [3.63, 3.8) is 0 Å². The number of nitrogens with zero attached hydrogens (tertiary/aromatic N) is 2. The monoisotopic (exact) mass is 345 g/mol. The number of H-pyrrole nitrogens is 1. The Morgan fingerprint density at radius 3 is 2.79 bits per heavy atom. The molecule has 0 saturated carbocycles. The lowest BCUT2D eigenvalue weighted by molar-refractivity contribution is 0.0600. The van der Waals surface area contributed by atoms with Crippen LogP contribution in [0.15, 0.2) is 28.2 Å². The van der Waals surface area contributed by atoms with Crippen LogP contribution in [0.3, 0.4) is 0 Å². The highest BCUT2D eigenvalue weighted by Gasteiger charge is 2.19. The second kappa shape index (κ2) is 7.66. The van der Waals surface area contributed by atoms with E-state index in [9.17, 15) is 14.9 Å². The summed E-state index contributed by atoms with van der Waals surface area (Å²) >= 11 is 1.25. The number of methoxy groups -OCH3 is 1. The number of hydrogen-bond acceptors (Lipinski definition) is 7. The molecule has 0 aliphatic carbocycles. The van der Waals surface area contributed by atoms with E-state index in [1.165, 1.54) is 31.0 Å². The van der Waals surface area contributed by atoms with Crippen LogP contribution in [0.25, 0.3) is 11.3 Å². The zero-order valence-corrected chi connectivity index (χ0v) is 14.2. The highest BCUT2D eigenvalue weighted by molar-refractivity contribution is 7.98. The first-order valence-electron chi connectivity index (χ1n) is 6.99. The molecule has 8 heteroatoms. The maximum atomic E-state index is 12.1. The zero-order chi connectivity index (χ0) is 17.7. The van der Waals surface area contributed by atoms with E-state index in [1.807, 2.05) is 6.07 Å². The van der Waals surface area contributed by atoms with Crippen molar-refractivity contribution in [2.75, 3.05) is 20.0 Å². The number of aromatic amines is 1. The molecule has 24 heavy (non-hydrogen) atoms. The van der Waals surface area contributed by atoms with Crippen molar-refractivity contribution in [3.8, 4) is 23.1 Å². The van der Waals surface area contributed by atoms with Gasteiger partial charge in [-0.25, -0.2) is 9.78 Å². The van der Waals surface area contributed by atoms with E-state index >= 15 is 0 Å². The zero-order valence-electron chi connectivity index (χ0n) is 13.4. The molecule has 2 rings (SSSR count). The molecule has 0 spiro atoms. The molecule has 0 fully saturated rings. The molecular formula is C16H15N3O4S. The van der Waals surface area contributed by atoms with Crippen LogP contribution in [0, 0.1) is 11.3 Å². The third kappa shape index (κ3) is 3.41. The summed E-state index contributed by atoms with van der Waals surface area (Å²) in [6.45, 7) is 2.14. The quantitative estimate of drug-likeness (QED) is 0.503. The van der Waals surface area contributed by atoms with Crippen LogP contribution in [-0.4, -0.2) is 35.9 Å². The Labute approximate surface area is 142 Å². The summed E-state index contributed by atoms with van der Waals surface area (Å²) in [6.07, 6.45) is 1.76. The molecule has 0 radical (unpaired) electrons. The predicted octanol–water partition coefficient (Wildman–Crippen LogP) is 2.22. The van der Waals surface area contributed by atoms with Gasteiger partial charge in [0.2, 0.25) is 0 Å². The number of hydrogen-bond donors (Lipinski definition) is 1. The molecule has 0 atom stereocenters. The molecule has 2 aromatic rings. The van der Waals surface area contributed by atoms with E-state index in [2.05, 4.69) is 9.97 Å². The van der Waals surface area contributed by atoms with Gasteiger partial charge in [-0.2, -0.15) is 5.26 Å². The van der Waals surface area contributed by atoms with Crippen molar-refractivity contribution >= 4 is 17.7 Å². The predicted molar refractivity (Wildman–Crippen MR) is 89.3 cm³/mol. The summed E-state index contributed by atoms with van der Waals surface area (Å²) in [5, 5.41) is 9.68. The van der Waals surface area contributed by atoms with Crippen molar-refractivity contribution < 1.29 is 14.3 Å². The molecule has 1 N–H and O–H groups in total. The minimum Gasteiger partial charge on any atom is -0.493 e. The largest absolute Gasteiger partial charge is 0.493 e. The Bertz CT molecular complexity index is 871. The first-order chi connectivity index (χ1) is 11.5. The number of ether oxygens (including phenoxy) is 2. The van der Waals surface area contributed by atoms with Gasteiger partial charge in [-0.3, -0.25) is 4.79 Å². The van der Waals surface area contributed by atoms with E-state index in [0.717, 1.165) is 0 Å². The lowest BCUT2D eigenvalue weighted by Gasteiger charge is -2.12. The average molecular weight is 345 g/mol. The minimum absolute atomic E-state index is 0.112. The molecule has 0 saturated heterocycles. The van der Waals surface area contributed by atoms with Gasteiger partial charge in [-0.1, -0.05) is 11.8 Å². The number of esters is 1. The number of nitrogens with one attached hydrogen (secondary N) is 1. The van der Waals surface area contributed by atoms with E-state index in [4.69, 9.17) is 9.47 Å². The van der Waals surface area contributed by atoms with Crippen molar-refractivity contribution in [3.05, 3.63) is 39.7 Å². The van der Waals surface area contributed by atoms with Crippen molar-refractivity contribution in [1.82, 2.24) is 9.97 Å². The number of thioether (sulfide) groups is 1. The van der Waals surface area contributed by atoms with Crippen LogP contribution in [0.2, 0.25) is 0 Å². The number of rotatable bonds is 5. The molecule has 0 amide bonds. The van der Waals surface area contributed by atoms with Crippen LogP contribution in [0.5, 0.6) is 5.75 Å². The number of carbonyl (C=O) groups is 1. The molecule has 0 unspecified atom stereocenters. The van der Waals surface area contributed by atoms with Crippen molar-refractivity contribution in [1.29, 1.82) is 5.26 Å². The molecule has 1 aromatic heterocycles. The van der Waals surface area contributed by atoms with Gasteiger partial charge in [0.05, 0.1) is 19.3 Å². The van der Waals surface area contributed by atoms with E-state index in [1.54, 1.807) is 19.2 Å². The maximum Gasteiger partial charge on any atom is 0.337 e. The fourth-order valence-electron chi connectivity index (χ4n) is 2.09. The van der Waals surface area contributed by atoms with Crippen LogP contribution in [-0.2, 0) is 4.74 Å². The molecule has 124 valence electrons. The highest BCUT2D eigenvalue weighted by atomic mass is 32.2. The summed E-state index contributed by atoms with van der Waals surface area (Å²) in [7, 11) is 1.29. The second-order valence-electron chi connectivity index (χ2n) is 4.55. The summed E-state index contributed by atoms with van der Waals surface area (Å²) in [4.78, 5) is 30.6. The van der Waals surface area contributed by atoms with Crippen LogP contribution < -0.4 is 10.3 Å². The number of carbonyl (C=O) groups excluding carboxylic acids is 1. The Balaban J connectivity index is 2.72. The summed E-state index contributed by atoms with van der Waals surface area (Å²) in [6, 6.07) is 6.50. The van der Waals surface area contributed by atoms with Gasteiger partial charge >= 0.3 is 5.97 Å². The Morgan fingerprint density at radius 1 is 1.46 bits per heavy atom. The van der Waals surface area contributed by atoms with E-state index in [0.29, 0.717) is 28.6 Å². The minimum atomic E-state index is -0.522. The summed E-state index contributed by atoms with van der Waals surface area (Å²) < 4.78 is 10.3. The normalized spacial score (nSPS) is 10.1. The lowest BCUT2D eigenvalue weighted by Crippen LogP contribution is -2.15. The standard InChI is InChI=1S/C16H15N3O4S/c1-4-23-12-7-9(15(21)22-2)5-6-10(12)13-11(8-17)14(20)19-16(18-13)24-3/h5-7H,4H2,1-3H3,(H,18,19,20). The van der Waals surface area contributed by atoms with Gasteiger partial charge in [0.15, 0.2) is 5.16 Å². The van der Waals surface area contributed by atoms with Gasteiger partial charge in [-0.05, 0) is 31.4 Å². The Kier molecular flexibility index (Phi) is 5.60. The topological polar surface area (TPSA) is 105 Å². The molecular weight excluding hydrogens is 330 g/mol. The smallest absolute Gasteiger partial charge is 0.337 e. The third-order valence-electron chi connectivity index (χ3n) is 3.16. The van der Waals surface area contributed by atoms with Gasteiger partial charge in [0, 0.05) is 5.56 Å². The van der Waals surface area contributed by atoms with Crippen LogP contribution in [0.1, 0.15) is 22.8 Å². The number of aromatic nitrogens is 2. The first kappa shape index (κ1) is 17.6. The van der Waals surface area contributed by atoms with Crippen LogP contribution >= 0.6 is 11.8 Å². The lowest BCUT2D eigenvalue weighted by atomic mass is 10.0. The molecule has 7 nitrogen and oxygen atoms in total. The van der Waals surface area contributed by atoms with Gasteiger partial charge in [-0.15, -0.1) is 0 Å². The Hall–Kier alpha value is -2.79. The van der Waals surface area contributed by atoms with Crippen LogP contribution in [0.4, 0.5) is 0 Å². The fraction of sp³-hybridized carbons (Fsp3) is 0.250. The van der Waals surface area contributed by atoms with E-state index in [-0.39, 0.29) is 11.3 Å². The van der Waals surface area contributed by atoms with Gasteiger partial charge in [0.1, 0.15) is 23.1 Å². The summed E-state index contributed by atoms with van der Waals surface area (Å²) in [5.41, 5.74) is 0.344. The third-order valence-corrected chi connectivity index (χ3v) is 3.74. The molecule has 0 aliphatic rings. The molecule has 0 aliphatic heterocycles. The van der Waals surface area contributed by atoms with Gasteiger partial charge in [0.25, 0.3) is 5.56 Å².